The molecular formula is C16H26N2OS. The van der Waals surface area contributed by atoms with Crippen LogP contribution in [0.15, 0.2) is 24.3 Å². The molecule has 1 aliphatic heterocycles. The van der Waals surface area contributed by atoms with Gasteiger partial charge in [-0.25, -0.2) is 12.8 Å². The van der Waals surface area contributed by atoms with Gasteiger partial charge in [-0.05, 0) is 35.8 Å². The third-order valence-electron chi connectivity index (χ3n) is 4.06. The molecule has 20 heavy (non-hydrogen) atoms. The zero-order chi connectivity index (χ0) is 14.7. The first-order valence-corrected chi connectivity index (χ1v) is 8.49. The van der Waals surface area contributed by atoms with Gasteiger partial charge in [0.2, 0.25) is 0 Å². The van der Waals surface area contributed by atoms with Crippen LogP contribution in [0.25, 0.3) is 0 Å². The van der Waals surface area contributed by atoms with E-state index in [-0.39, 0.29) is 0 Å². The van der Waals surface area contributed by atoms with Gasteiger partial charge in [0.15, 0.2) is 11.2 Å². The molecule has 1 saturated heterocycles. The van der Waals surface area contributed by atoms with E-state index >= 15 is 0 Å². The van der Waals surface area contributed by atoms with E-state index < -0.39 is 11.2 Å². The summed E-state index contributed by atoms with van der Waals surface area (Å²) < 4.78 is 15.9. The number of benzene rings is 1. The maximum atomic E-state index is 12.0. The van der Waals surface area contributed by atoms with Crippen LogP contribution in [0.4, 0.5) is 0 Å². The molecule has 0 saturated carbocycles. The van der Waals surface area contributed by atoms with Crippen LogP contribution >= 0.6 is 0 Å². The maximum Gasteiger partial charge on any atom is 0.172 e. The number of hydrogen-bond donors (Lipinski definition) is 0. The van der Waals surface area contributed by atoms with E-state index in [0.717, 1.165) is 25.9 Å². The van der Waals surface area contributed by atoms with Gasteiger partial charge in [-0.15, -0.1) is 0 Å². The van der Waals surface area contributed by atoms with E-state index in [4.69, 9.17) is 0 Å². The van der Waals surface area contributed by atoms with E-state index in [1.807, 2.05) is 14.1 Å². The Balaban J connectivity index is 1.95. The average Bonchev–Trinajstić information content (AvgIpc) is 2.46. The first-order valence-electron chi connectivity index (χ1n) is 7.43. The lowest BCUT2D eigenvalue weighted by molar-refractivity contribution is 0.322. The van der Waals surface area contributed by atoms with Crippen LogP contribution in [-0.2, 0) is 11.2 Å². The lowest BCUT2D eigenvalue weighted by Crippen LogP contribution is -2.39. The van der Waals surface area contributed by atoms with Gasteiger partial charge in [0.25, 0.3) is 0 Å². The summed E-state index contributed by atoms with van der Waals surface area (Å²) in [7, 11) is 3.74. The maximum absolute atomic E-state index is 12.0. The van der Waals surface area contributed by atoms with Crippen molar-refractivity contribution in [1.29, 1.82) is 0 Å². The Bertz CT molecular complexity index is 448. The van der Waals surface area contributed by atoms with Gasteiger partial charge < -0.3 is 0 Å². The Morgan fingerprint density at radius 2 is 1.70 bits per heavy atom. The second-order valence-electron chi connectivity index (χ2n) is 6.07. The zero-order valence-corrected chi connectivity index (χ0v) is 13.8. The van der Waals surface area contributed by atoms with E-state index in [0.29, 0.717) is 11.8 Å². The van der Waals surface area contributed by atoms with E-state index in [1.165, 1.54) is 11.1 Å². The third kappa shape index (κ3) is 3.68. The molecular weight excluding hydrogens is 268 g/mol. The Morgan fingerprint density at radius 1 is 1.15 bits per heavy atom. The molecule has 0 aliphatic carbocycles. The van der Waals surface area contributed by atoms with E-state index in [1.54, 1.807) is 4.31 Å². The molecule has 0 spiro atoms. The van der Waals surface area contributed by atoms with E-state index in [9.17, 15) is 4.21 Å². The van der Waals surface area contributed by atoms with Crippen molar-refractivity contribution in [3.63, 3.8) is 0 Å². The number of hydrogen-bond acceptors (Lipinski definition) is 1. The summed E-state index contributed by atoms with van der Waals surface area (Å²) in [5.41, 5.74) is 2.84. The molecule has 2 rings (SSSR count). The van der Waals surface area contributed by atoms with Gasteiger partial charge in [-0.1, -0.05) is 38.1 Å². The van der Waals surface area contributed by atoms with E-state index in [2.05, 4.69) is 42.4 Å². The van der Waals surface area contributed by atoms with Crippen molar-refractivity contribution in [1.82, 2.24) is 8.61 Å². The quantitative estimate of drug-likeness (QED) is 0.837. The molecule has 1 aromatic rings. The summed E-state index contributed by atoms with van der Waals surface area (Å²) in [6.07, 6.45) is 2.20. The van der Waals surface area contributed by atoms with Crippen molar-refractivity contribution in [2.45, 2.75) is 38.5 Å². The van der Waals surface area contributed by atoms with Crippen LogP contribution in [0.2, 0.25) is 0 Å². The summed E-state index contributed by atoms with van der Waals surface area (Å²) in [6, 6.07) is 9.06. The fourth-order valence-electron chi connectivity index (χ4n) is 2.73. The standard InChI is InChI=1S/C16H26N2OS/c1-13(2)14-5-7-15(8-6-14)16-9-11-18(12-10-16)20(19)17(3)4/h5-8,13,16H,9-12H2,1-4H3. The van der Waals surface area contributed by atoms with Crippen molar-refractivity contribution >= 4 is 11.2 Å². The fourth-order valence-corrected chi connectivity index (χ4v) is 3.71. The number of piperidine rings is 1. The summed E-state index contributed by atoms with van der Waals surface area (Å²) in [6.45, 7) is 6.29. The highest BCUT2D eigenvalue weighted by atomic mass is 32.2. The van der Waals surface area contributed by atoms with Crippen LogP contribution < -0.4 is 0 Å². The van der Waals surface area contributed by atoms with Crippen molar-refractivity contribution in [2.24, 2.45) is 0 Å². The highest BCUT2D eigenvalue weighted by Gasteiger charge is 2.24. The molecule has 1 unspecified atom stereocenters. The lowest BCUT2D eigenvalue weighted by atomic mass is 9.89. The van der Waals surface area contributed by atoms with Gasteiger partial charge in [-0.2, -0.15) is 0 Å². The minimum atomic E-state index is -0.973. The molecule has 0 aromatic heterocycles. The minimum Gasteiger partial charge on any atom is -0.225 e. The average molecular weight is 294 g/mol. The predicted octanol–water partition coefficient (Wildman–Crippen LogP) is 3.13. The molecule has 4 heteroatoms. The summed E-state index contributed by atoms with van der Waals surface area (Å²) in [4.78, 5) is 0. The van der Waals surface area contributed by atoms with Gasteiger partial charge in [0.1, 0.15) is 0 Å². The van der Waals surface area contributed by atoms with Crippen molar-refractivity contribution in [3.8, 4) is 0 Å². The van der Waals surface area contributed by atoms with Crippen molar-refractivity contribution in [2.75, 3.05) is 27.2 Å². The fraction of sp³-hybridized carbons (Fsp3) is 0.625. The molecule has 1 aromatic carbocycles. The highest BCUT2D eigenvalue weighted by molar-refractivity contribution is 7.80. The van der Waals surface area contributed by atoms with Gasteiger partial charge in [-0.3, -0.25) is 0 Å². The van der Waals surface area contributed by atoms with Crippen molar-refractivity contribution in [3.05, 3.63) is 35.4 Å². The van der Waals surface area contributed by atoms with Gasteiger partial charge in [0.05, 0.1) is 0 Å². The van der Waals surface area contributed by atoms with Crippen LogP contribution in [0.1, 0.15) is 49.7 Å². The topological polar surface area (TPSA) is 23.6 Å². The zero-order valence-electron chi connectivity index (χ0n) is 13.0. The second kappa shape index (κ2) is 6.83. The lowest BCUT2D eigenvalue weighted by Gasteiger charge is -2.32. The molecule has 1 atom stereocenters. The smallest absolute Gasteiger partial charge is 0.172 e. The molecule has 0 amide bonds. The first-order chi connectivity index (χ1) is 9.49. The normalized spacial score (nSPS) is 19.7. The largest absolute Gasteiger partial charge is 0.225 e. The predicted molar refractivity (Wildman–Crippen MR) is 85.9 cm³/mol. The summed E-state index contributed by atoms with van der Waals surface area (Å²) >= 11 is -0.973. The van der Waals surface area contributed by atoms with Crippen LogP contribution in [-0.4, -0.2) is 40.0 Å². The second-order valence-corrected chi connectivity index (χ2v) is 7.78. The monoisotopic (exact) mass is 294 g/mol. The molecule has 1 fully saturated rings. The van der Waals surface area contributed by atoms with Crippen LogP contribution in [0.3, 0.4) is 0 Å². The molecule has 1 heterocycles. The Morgan fingerprint density at radius 3 is 2.15 bits per heavy atom. The number of nitrogens with zero attached hydrogens (tertiary/aromatic N) is 2. The molecule has 0 N–H and O–H groups in total. The Kier molecular flexibility index (Phi) is 5.35. The summed E-state index contributed by atoms with van der Waals surface area (Å²) in [5, 5.41) is 0. The minimum absolute atomic E-state index is 0.591. The third-order valence-corrected chi connectivity index (χ3v) is 5.49. The highest BCUT2D eigenvalue weighted by Crippen LogP contribution is 2.29. The van der Waals surface area contributed by atoms with Gasteiger partial charge in [0, 0.05) is 27.2 Å². The Hall–Kier alpha value is -0.710. The number of rotatable bonds is 4. The molecule has 112 valence electrons. The summed E-state index contributed by atoms with van der Waals surface area (Å²) in [5.74, 6) is 1.21. The molecule has 1 aliphatic rings. The van der Waals surface area contributed by atoms with Crippen LogP contribution in [0.5, 0.6) is 0 Å². The first kappa shape index (κ1) is 15.7. The molecule has 0 radical (unpaired) electrons. The Labute approximate surface area is 125 Å². The SMILES string of the molecule is CC(C)c1ccc(C2CCN(S(=O)N(C)C)CC2)cc1. The molecule has 0 bridgehead atoms. The van der Waals surface area contributed by atoms with Crippen LogP contribution in [0, 0.1) is 0 Å². The molecule has 3 nitrogen and oxygen atoms in total. The van der Waals surface area contributed by atoms with Crippen molar-refractivity contribution < 1.29 is 4.21 Å². The van der Waals surface area contributed by atoms with Gasteiger partial charge >= 0.3 is 0 Å².